The number of sulfonamides is 1. The number of furan rings is 1. The minimum Gasteiger partial charge on any atom is -0.460 e. The Hall–Kier alpha value is -3.66. The van der Waals surface area contributed by atoms with Gasteiger partial charge in [0.25, 0.3) is 15.7 Å². The number of rotatable bonds is 7. The smallest absolute Gasteiger partial charge is 0.295 e. The van der Waals surface area contributed by atoms with E-state index in [0.29, 0.717) is 17.2 Å². The van der Waals surface area contributed by atoms with Gasteiger partial charge in [0.05, 0.1) is 21.7 Å². The molecule has 0 aliphatic rings. The first-order chi connectivity index (χ1) is 14.2. The number of anilines is 2. The second kappa shape index (κ2) is 8.37. The van der Waals surface area contributed by atoms with Crippen LogP contribution in [0.5, 0.6) is 0 Å². The Labute approximate surface area is 173 Å². The largest absolute Gasteiger partial charge is 0.460 e. The van der Waals surface area contributed by atoms with Gasteiger partial charge in [-0.15, -0.1) is 0 Å². The van der Waals surface area contributed by atoms with Gasteiger partial charge in [0, 0.05) is 6.07 Å². The molecule has 3 aromatic rings. The Kier molecular flexibility index (Phi) is 5.88. The molecule has 2 N–H and O–H groups in total. The molecule has 0 unspecified atom stereocenters. The van der Waals surface area contributed by atoms with Crippen LogP contribution in [0.1, 0.15) is 22.6 Å². The Bertz CT molecular complexity index is 1230. The average molecular weight is 428 g/mol. The zero-order valence-corrected chi connectivity index (χ0v) is 17.4. The zero-order chi connectivity index (χ0) is 21.9. The first-order valence-corrected chi connectivity index (χ1v) is 10.4. The number of nitrogens with one attached hydrogen (secondary N) is 2. The van der Waals surface area contributed by atoms with Crippen molar-refractivity contribution in [2.45, 2.75) is 25.7 Å². The van der Waals surface area contributed by atoms with Crippen LogP contribution in [0.25, 0.3) is 0 Å². The summed E-state index contributed by atoms with van der Waals surface area (Å²) in [6.07, 6.45) is 1.36. The van der Waals surface area contributed by atoms with Gasteiger partial charge in [0.15, 0.2) is 0 Å². The van der Waals surface area contributed by atoms with Crippen molar-refractivity contribution in [2.75, 3.05) is 10.1 Å². The summed E-state index contributed by atoms with van der Waals surface area (Å²) in [7, 11) is -4.02. The first-order valence-electron chi connectivity index (χ1n) is 8.90. The predicted molar refractivity (Wildman–Crippen MR) is 114 cm³/mol. The predicted octanol–water partition coefficient (Wildman–Crippen LogP) is 4.36. The monoisotopic (exact) mass is 428 g/mol. The van der Waals surface area contributed by atoms with E-state index in [1.807, 2.05) is 13.0 Å². The van der Waals surface area contributed by atoms with Gasteiger partial charge in [-0.2, -0.15) is 5.10 Å². The fourth-order valence-corrected chi connectivity index (χ4v) is 3.89. The number of hydrazone groups is 1. The lowest BCUT2D eigenvalue weighted by Crippen LogP contribution is -2.14. The molecule has 10 heteroatoms. The second-order valence-corrected chi connectivity index (χ2v) is 8.36. The van der Waals surface area contributed by atoms with Crippen molar-refractivity contribution in [1.82, 2.24) is 0 Å². The third kappa shape index (κ3) is 4.84. The van der Waals surface area contributed by atoms with Crippen LogP contribution < -0.4 is 10.1 Å². The minimum atomic E-state index is -4.02. The van der Waals surface area contributed by atoms with E-state index in [0.717, 1.165) is 17.2 Å². The van der Waals surface area contributed by atoms with Crippen molar-refractivity contribution < 1.29 is 17.8 Å². The number of nitro benzene ring substituents is 1. The van der Waals surface area contributed by atoms with Crippen LogP contribution in [0, 0.1) is 30.9 Å². The van der Waals surface area contributed by atoms with Gasteiger partial charge >= 0.3 is 0 Å². The van der Waals surface area contributed by atoms with Crippen LogP contribution in [0.15, 0.2) is 62.9 Å². The van der Waals surface area contributed by atoms with Crippen molar-refractivity contribution >= 4 is 33.3 Å². The first kappa shape index (κ1) is 21.1. The summed E-state index contributed by atoms with van der Waals surface area (Å²) < 4.78 is 33.3. The van der Waals surface area contributed by atoms with Gasteiger partial charge in [0.1, 0.15) is 17.2 Å². The third-order valence-corrected chi connectivity index (χ3v) is 5.60. The van der Waals surface area contributed by atoms with E-state index in [1.165, 1.54) is 18.3 Å². The van der Waals surface area contributed by atoms with Crippen molar-refractivity contribution in [3.8, 4) is 0 Å². The number of hydrogen-bond acceptors (Lipinski definition) is 7. The van der Waals surface area contributed by atoms with Crippen molar-refractivity contribution in [3.05, 3.63) is 81.3 Å². The maximum atomic E-state index is 12.7. The van der Waals surface area contributed by atoms with Crippen LogP contribution in [-0.2, 0) is 10.0 Å². The van der Waals surface area contributed by atoms with E-state index < -0.39 is 20.6 Å². The molecule has 30 heavy (non-hydrogen) atoms. The Balaban J connectivity index is 1.86. The van der Waals surface area contributed by atoms with E-state index in [2.05, 4.69) is 15.2 Å². The lowest BCUT2D eigenvalue weighted by Gasteiger charge is -2.12. The lowest BCUT2D eigenvalue weighted by atomic mass is 10.1. The number of benzene rings is 2. The number of hydrogen-bond donors (Lipinski definition) is 2. The van der Waals surface area contributed by atoms with Gasteiger partial charge in [-0.3, -0.25) is 20.3 Å². The minimum absolute atomic E-state index is 0.0463. The zero-order valence-electron chi connectivity index (χ0n) is 16.5. The molecule has 1 aromatic heterocycles. The number of nitro groups is 1. The highest BCUT2D eigenvalue weighted by atomic mass is 32.2. The summed E-state index contributed by atoms with van der Waals surface area (Å²) >= 11 is 0. The fourth-order valence-electron chi connectivity index (χ4n) is 2.74. The maximum absolute atomic E-state index is 12.7. The Morgan fingerprint density at radius 3 is 2.40 bits per heavy atom. The highest BCUT2D eigenvalue weighted by Gasteiger charge is 2.22. The summed E-state index contributed by atoms with van der Waals surface area (Å²) in [5.41, 5.74) is 4.31. The molecule has 0 aliphatic heterocycles. The number of nitrogens with zero attached hydrogens (tertiary/aromatic N) is 2. The van der Waals surface area contributed by atoms with E-state index >= 15 is 0 Å². The highest BCUT2D eigenvalue weighted by Crippen LogP contribution is 2.29. The summed E-state index contributed by atoms with van der Waals surface area (Å²) in [5, 5.41) is 15.4. The van der Waals surface area contributed by atoms with Gasteiger partial charge in [-0.1, -0.05) is 17.7 Å². The Morgan fingerprint density at radius 1 is 1.03 bits per heavy atom. The molecule has 0 amide bonds. The normalized spacial score (nSPS) is 11.6. The second-order valence-electron chi connectivity index (χ2n) is 6.68. The van der Waals surface area contributed by atoms with Crippen LogP contribution >= 0.6 is 0 Å². The molecule has 9 nitrogen and oxygen atoms in total. The molecule has 0 aliphatic carbocycles. The van der Waals surface area contributed by atoms with Gasteiger partial charge in [-0.25, -0.2) is 8.42 Å². The summed E-state index contributed by atoms with van der Waals surface area (Å²) in [6, 6.07) is 12.3. The maximum Gasteiger partial charge on any atom is 0.295 e. The quantitative estimate of drug-likeness (QED) is 0.327. The molecule has 156 valence electrons. The van der Waals surface area contributed by atoms with E-state index in [9.17, 15) is 18.5 Å². The SMILES string of the molecule is Cc1ccc(NS(=O)(=O)c2ccc(N/N=C/c3ccc(C)o3)c([N+](=O)[O-])c2)c(C)c1. The third-order valence-electron chi connectivity index (χ3n) is 4.24. The standard InChI is InChI=1S/C20H20N4O5S/c1-13-4-8-18(14(2)10-13)23-30(27,28)17-7-9-19(20(11-17)24(25)26)22-21-12-16-6-5-15(3)29-16/h4-12,22-23H,1-3H3/b21-12+. The molecule has 0 bridgehead atoms. The van der Waals surface area contributed by atoms with Crippen molar-refractivity contribution in [2.24, 2.45) is 5.10 Å². The molecule has 0 saturated carbocycles. The van der Waals surface area contributed by atoms with E-state index in [1.54, 1.807) is 38.1 Å². The van der Waals surface area contributed by atoms with Crippen LogP contribution in [0.2, 0.25) is 0 Å². The summed E-state index contributed by atoms with van der Waals surface area (Å²) in [6.45, 7) is 5.45. The van der Waals surface area contributed by atoms with Crippen molar-refractivity contribution in [1.29, 1.82) is 0 Å². The van der Waals surface area contributed by atoms with Crippen LogP contribution in [0.3, 0.4) is 0 Å². The Morgan fingerprint density at radius 2 is 1.77 bits per heavy atom. The molecule has 1 heterocycles. The fraction of sp³-hybridized carbons (Fsp3) is 0.150. The van der Waals surface area contributed by atoms with Crippen molar-refractivity contribution in [3.63, 3.8) is 0 Å². The van der Waals surface area contributed by atoms with Gasteiger partial charge in [0.2, 0.25) is 0 Å². The highest BCUT2D eigenvalue weighted by molar-refractivity contribution is 7.92. The topological polar surface area (TPSA) is 127 Å². The molecule has 2 aromatic carbocycles. The lowest BCUT2D eigenvalue weighted by molar-refractivity contribution is -0.384. The molecule has 0 atom stereocenters. The molecule has 3 rings (SSSR count). The molecular formula is C20H20N4O5S. The van der Waals surface area contributed by atoms with E-state index in [-0.39, 0.29) is 10.6 Å². The van der Waals surface area contributed by atoms with E-state index in [4.69, 9.17) is 4.42 Å². The molecule has 0 radical (unpaired) electrons. The van der Waals surface area contributed by atoms with Crippen LogP contribution in [-0.4, -0.2) is 19.6 Å². The van der Waals surface area contributed by atoms with Gasteiger partial charge in [-0.05, 0) is 56.7 Å². The molecule has 0 fully saturated rings. The molecule has 0 spiro atoms. The number of aryl methyl sites for hydroxylation is 3. The summed E-state index contributed by atoms with van der Waals surface area (Å²) in [5.74, 6) is 1.17. The average Bonchev–Trinajstić information content (AvgIpc) is 3.09. The summed E-state index contributed by atoms with van der Waals surface area (Å²) in [4.78, 5) is 10.6. The molecule has 0 saturated heterocycles. The van der Waals surface area contributed by atoms with Gasteiger partial charge < -0.3 is 4.42 Å². The molecular weight excluding hydrogens is 408 g/mol. The van der Waals surface area contributed by atoms with Crippen LogP contribution in [0.4, 0.5) is 17.1 Å².